The summed E-state index contributed by atoms with van der Waals surface area (Å²) in [5.41, 5.74) is 4.35. The highest BCUT2D eigenvalue weighted by Gasteiger charge is 2.09. The molecular formula is C26H28N2O4. The number of methoxy groups -OCH3 is 1. The maximum absolute atomic E-state index is 9.06. The zero-order valence-electron chi connectivity index (χ0n) is 18.1. The van der Waals surface area contributed by atoms with Gasteiger partial charge in [0.1, 0.15) is 11.5 Å². The number of anilines is 1. The Kier molecular flexibility index (Phi) is 7.27. The Morgan fingerprint density at radius 3 is 2.44 bits per heavy atom. The van der Waals surface area contributed by atoms with E-state index >= 15 is 0 Å². The first kappa shape index (κ1) is 21.7. The molecule has 4 rings (SSSR count). The standard InChI is InChI=1S/C26H28N2O4/c1-30-18-31-22-11-7-21(8-12-22)27-15-13-20-17-28-26-24(20)3-2-4-25(26)32-23-9-5-19(6-10-23)14-16-29/h2-12,17,27-29H,13-16,18H2,1H3. The van der Waals surface area contributed by atoms with Gasteiger partial charge in [-0.3, -0.25) is 0 Å². The van der Waals surface area contributed by atoms with Crippen molar-refractivity contribution in [1.29, 1.82) is 0 Å². The average molecular weight is 433 g/mol. The van der Waals surface area contributed by atoms with Crippen molar-refractivity contribution >= 4 is 16.6 Å². The van der Waals surface area contributed by atoms with E-state index in [2.05, 4.69) is 16.4 Å². The van der Waals surface area contributed by atoms with Crippen molar-refractivity contribution < 1.29 is 19.3 Å². The summed E-state index contributed by atoms with van der Waals surface area (Å²) in [6.45, 7) is 1.20. The van der Waals surface area contributed by atoms with E-state index in [9.17, 15) is 0 Å². The van der Waals surface area contributed by atoms with Gasteiger partial charge in [-0.2, -0.15) is 0 Å². The third-order valence-electron chi connectivity index (χ3n) is 5.24. The fourth-order valence-electron chi connectivity index (χ4n) is 3.59. The number of aromatic amines is 1. The number of hydrogen-bond donors (Lipinski definition) is 3. The molecule has 0 unspecified atom stereocenters. The lowest BCUT2D eigenvalue weighted by molar-refractivity contribution is 0.0511. The normalized spacial score (nSPS) is 10.9. The number of H-pyrrole nitrogens is 1. The average Bonchev–Trinajstić information content (AvgIpc) is 3.24. The fraction of sp³-hybridized carbons (Fsp3) is 0.231. The van der Waals surface area contributed by atoms with Gasteiger partial charge in [-0.05, 0) is 66.4 Å². The highest BCUT2D eigenvalue weighted by atomic mass is 16.7. The van der Waals surface area contributed by atoms with Crippen molar-refractivity contribution in [2.45, 2.75) is 12.8 Å². The lowest BCUT2D eigenvalue weighted by Crippen LogP contribution is -2.04. The highest BCUT2D eigenvalue weighted by Crippen LogP contribution is 2.31. The van der Waals surface area contributed by atoms with Crippen molar-refractivity contribution in [2.24, 2.45) is 0 Å². The molecule has 0 bridgehead atoms. The molecular weight excluding hydrogens is 404 g/mol. The van der Waals surface area contributed by atoms with E-state index in [1.54, 1.807) is 7.11 Å². The van der Waals surface area contributed by atoms with Crippen LogP contribution in [0.1, 0.15) is 11.1 Å². The third kappa shape index (κ3) is 5.41. The molecule has 0 saturated carbocycles. The number of hydrogen-bond acceptors (Lipinski definition) is 5. The van der Waals surface area contributed by atoms with Crippen LogP contribution in [0.25, 0.3) is 10.9 Å². The zero-order valence-corrected chi connectivity index (χ0v) is 18.1. The number of benzene rings is 3. The molecule has 0 saturated heterocycles. The molecule has 166 valence electrons. The second kappa shape index (κ2) is 10.7. The molecule has 0 aliphatic heterocycles. The van der Waals surface area contributed by atoms with Crippen LogP contribution in [0.4, 0.5) is 5.69 Å². The molecule has 0 aliphatic rings. The molecule has 0 radical (unpaired) electrons. The first-order chi connectivity index (χ1) is 15.8. The summed E-state index contributed by atoms with van der Waals surface area (Å²) in [6, 6.07) is 21.8. The lowest BCUT2D eigenvalue weighted by Gasteiger charge is -2.09. The maximum Gasteiger partial charge on any atom is 0.188 e. The van der Waals surface area contributed by atoms with E-state index in [-0.39, 0.29) is 13.4 Å². The monoisotopic (exact) mass is 432 g/mol. The fourth-order valence-corrected chi connectivity index (χ4v) is 3.59. The van der Waals surface area contributed by atoms with E-state index in [0.717, 1.165) is 52.4 Å². The van der Waals surface area contributed by atoms with Crippen LogP contribution in [0.3, 0.4) is 0 Å². The molecule has 1 aromatic heterocycles. The van der Waals surface area contributed by atoms with Crippen LogP contribution >= 0.6 is 0 Å². The summed E-state index contributed by atoms with van der Waals surface area (Å²) in [6.07, 6.45) is 3.57. The molecule has 0 aliphatic carbocycles. The van der Waals surface area contributed by atoms with Crippen molar-refractivity contribution in [3.8, 4) is 17.2 Å². The molecule has 3 N–H and O–H groups in total. The summed E-state index contributed by atoms with van der Waals surface area (Å²) in [4.78, 5) is 3.37. The maximum atomic E-state index is 9.06. The molecule has 3 aromatic carbocycles. The lowest BCUT2D eigenvalue weighted by atomic mass is 10.1. The number of rotatable bonds is 11. The highest BCUT2D eigenvalue weighted by molar-refractivity contribution is 5.88. The van der Waals surface area contributed by atoms with Gasteiger partial charge in [0.15, 0.2) is 12.5 Å². The number of ether oxygens (including phenoxy) is 3. The Hall–Kier alpha value is -3.48. The van der Waals surface area contributed by atoms with Gasteiger partial charge in [-0.1, -0.05) is 24.3 Å². The van der Waals surface area contributed by atoms with Gasteiger partial charge >= 0.3 is 0 Å². The van der Waals surface area contributed by atoms with Crippen molar-refractivity contribution in [2.75, 3.05) is 32.4 Å². The molecule has 1 heterocycles. The van der Waals surface area contributed by atoms with Crippen LogP contribution in [0, 0.1) is 0 Å². The summed E-state index contributed by atoms with van der Waals surface area (Å²) >= 11 is 0. The molecule has 0 spiro atoms. The Balaban J connectivity index is 1.38. The van der Waals surface area contributed by atoms with Crippen LogP contribution < -0.4 is 14.8 Å². The molecule has 0 fully saturated rings. The van der Waals surface area contributed by atoms with Crippen LogP contribution in [0.5, 0.6) is 17.2 Å². The minimum Gasteiger partial charge on any atom is -0.468 e. The van der Waals surface area contributed by atoms with Crippen LogP contribution in [0.15, 0.2) is 72.9 Å². The molecule has 6 nitrogen and oxygen atoms in total. The van der Waals surface area contributed by atoms with E-state index in [1.165, 1.54) is 5.56 Å². The molecule has 6 heteroatoms. The van der Waals surface area contributed by atoms with Gasteiger partial charge in [-0.25, -0.2) is 0 Å². The van der Waals surface area contributed by atoms with Gasteiger partial charge in [0.25, 0.3) is 0 Å². The number of fused-ring (bicyclic) bond motifs is 1. The van der Waals surface area contributed by atoms with E-state index in [4.69, 9.17) is 19.3 Å². The smallest absolute Gasteiger partial charge is 0.188 e. The number of aliphatic hydroxyl groups is 1. The largest absolute Gasteiger partial charge is 0.468 e. The molecule has 0 atom stereocenters. The van der Waals surface area contributed by atoms with E-state index in [1.807, 2.05) is 66.9 Å². The number of para-hydroxylation sites is 1. The van der Waals surface area contributed by atoms with E-state index < -0.39 is 0 Å². The summed E-state index contributed by atoms with van der Waals surface area (Å²) in [5.74, 6) is 2.35. The first-order valence-electron chi connectivity index (χ1n) is 10.7. The predicted octanol–water partition coefficient (Wildman–Crippen LogP) is 5.13. The van der Waals surface area contributed by atoms with Gasteiger partial charge in [0.05, 0.1) is 5.52 Å². The van der Waals surface area contributed by atoms with Crippen molar-refractivity contribution in [3.05, 3.63) is 84.1 Å². The third-order valence-corrected chi connectivity index (χ3v) is 5.24. The number of nitrogens with one attached hydrogen (secondary N) is 2. The minimum atomic E-state index is 0.147. The second-order valence-corrected chi connectivity index (χ2v) is 7.46. The minimum absolute atomic E-state index is 0.147. The summed E-state index contributed by atoms with van der Waals surface area (Å²) in [5, 5.41) is 13.7. The van der Waals surface area contributed by atoms with Crippen molar-refractivity contribution in [3.63, 3.8) is 0 Å². The Bertz CT molecular complexity index is 1120. The second-order valence-electron chi connectivity index (χ2n) is 7.46. The van der Waals surface area contributed by atoms with E-state index in [0.29, 0.717) is 6.42 Å². The zero-order chi connectivity index (χ0) is 22.2. The molecule has 4 aromatic rings. The SMILES string of the molecule is COCOc1ccc(NCCc2c[nH]c3c(Oc4ccc(CCO)cc4)cccc23)cc1. The van der Waals surface area contributed by atoms with Gasteiger partial charge in [0.2, 0.25) is 0 Å². The van der Waals surface area contributed by atoms with Gasteiger partial charge < -0.3 is 29.6 Å². The number of aliphatic hydroxyl groups excluding tert-OH is 1. The van der Waals surface area contributed by atoms with Crippen LogP contribution in [-0.4, -0.2) is 37.1 Å². The molecule has 0 amide bonds. The topological polar surface area (TPSA) is 75.7 Å². The summed E-state index contributed by atoms with van der Waals surface area (Å²) < 4.78 is 16.5. The Labute approximate surface area is 187 Å². The first-order valence-corrected chi connectivity index (χ1v) is 10.7. The van der Waals surface area contributed by atoms with Crippen LogP contribution in [-0.2, 0) is 17.6 Å². The quantitative estimate of drug-likeness (QED) is 0.286. The number of aromatic nitrogens is 1. The van der Waals surface area contributed by atoms with Crippen molar-refractivity contribution in [1.82, 2.24) is 4.98 Å². The molecule has 32 heavy (non-hydrogen) atoms. The Morgan fingerprint density at radius 2 is 1.69 bits per heavy atom. The van der Waals surface area contributed by atoms with Gasteiger partial charge in [0, 0.05) is 37.5 Å². The predicted molar refractivity (Wildman–Crippen MR) is 127 cm³/mol. The van der Waals surface area contributed by atoms with Gasteiger partial charge in [-0.15, -0.1) is 0 Å². The summed E-state index contributed by atoms with van der Waals surface area (Å²) in [7, 11) is 1.60. The Morgan fingerprint density at radius 1 is 0.906 bits per heavy atom. The van der Waals surface area contributed by atoms with Crippen LogP contribution in [0.2, 0.25) is 0 Å².